The van der Waals surface area contributed by atoms with Crippen molar-refractivity contribution in [3.63, 3.8) is 0 Å². The number of rotatable bonds is 5. The topological polar surface area (TPSA) is 40.6 Å². The van der Waals surface area contributed by atoms with E-state index in [1.54, 1.807) is 0 Å². The first-order chi connectivity index (χ1) is 17.6. The van der Waals surface area contributed by atoms with Gasteiger partial charge in [0.2, 0.25) is 0 Å². The van der Waals surface area contributed by atoms with E-state index in [0.29, 0.717) is 24.2 Å². The van der Waals surface area contributed by atoms with Crippen molar-refractivity contribution in [1.29, 1.82) is 0 Å². The van der Waals surface area contributed by atoms with Crippen LogP contribution in [0.25, 0.3) is 0 Å². The summed E-state index contributed by atoms with van der Waals surface area (Å²) in [7, 11) is 3.84. The molecule has 2 bridgehead atoms. The van der Waals surface area contributed by atoms with E-state index in [2.05, 4.69) is 16.7 Å². The molecule has 0 spiro atoms. The maximum atomic E-state index is 13.6. The summed E-state index contributed by atoms with van der Waals surface area (Å²) in [6, 6.07) is 10.7. The van der Waals surface area contributed by atoms with Crippen molar-refractivity contribution in [2.75, 3.05) is 25.5 Å². The molecule has 0 amide bonds. The molecule has 2 saturated heterocycles. The standard InChI is InChI=1S/C30H29F3N2O2/c1-34(2)16-4-6-20-17-24(35-22-11-12-23(35)14-13-22)10-8-21(20)18-27(36)25-15-9-19-5-3-7-26(30(31,32)33)28(19)29(25)37/h3,5,7-8,10,15,17,22-23H,9,11-14,16,18H2,1-2H3. The number of anilines is 1. The monoisotopic (exact) mass is 506 g/mol. The number of alkyl halides is 3. The Morgan fingerprint density at radius 3 is 2.43 bits per heavy atom. The number of halogens is 3. The van der Waals surface area contributed by atoms with Crippen LogP contribution in [-0.2, 0) is 23.8 Å². The molecule has 0 N–H and O–H groups in total. The van der Waals surface area contributed by atoms with Crippen LogP contribution in [0.3, 0.4) is 0 Å². The Morgan fingerprint density at radius 2 is 1.78 bits per heavy atom. The summed E-state index contributed by atoms with van der Waals surface area (Å²) in [6.45, 7) is 0.549. The molecule has 2 fully saturated rings. The molecular formula is C30H29F3N2O2. The van der Waals surface area contributed by atoms with Crippen molar-refractivity contribution in [2.24, 2.45) is 0 Å². The van der Waals surface area contributed by atoms with Crippen molar-refractivity contribution in [3.05, 3.63) is 75.9 Å². The minimum Gasteiger partial charge on any atom is -0.366 e. The van der Waals surface area contributed by atoms with Gasteiger partial charge >= 0.3 is 6.18 Å². The Morgan fingerprint density at radius 1 is 1.08 bits per heavy atom. The Bertz CT molecular complexity index is 1330. The average Bonchev–Trinajstić information content (AvgIpc) is 3.45. The number of hydrogen-bond acceptors (Lipinski definition) is 4. The largest absolute Gasteiger partial charge is 0.417 e. The fraction of sp³-hybridized carbons (Fsp3) is 0.400. The Balaban J connectivity index is 1.44. The summed E-state index contributed by atoms with van der Waals surface area (Å²) in [5.74, 6) is 4.99. The van der Waals surface area contributed by atoms with Crippen molar-refractivity contribution in [1.82, 2.24) is 4.90 Å². The molecule has 4 nitrogen and oxygen atoms in total. The number of ketones is 2. The lowest BCUT2D eigenvalue weighted by molar-refractivity contribution is -0.138. The number of allylic oxidation sites excluding steroid dienone is 2. The minimum absolute atomic E-state index is 0.0970. The predicted molar refractivity (Wildman–Crippen MR) is 137 cm³/mol. The molecule has 2 aromatic rings. The molecule has 0 aromatic heterocycles. The van der Waals surface area contributed by atoms with E-state index < -0.39 is 28.9 Å². The summed E-state index contributed by atoms with van der Waals surface area (Å²) in [6.07, 6.45) is 1.54. The van der Waals surface area contributed by atoms with Gasteiger partial charge in [-0.15, -0.1) is 0 Å². The molecule has 2 aromatic carbocycles. The predicted octanol–water partition coefficient (Wildman–Crippen LogP) is 5.23. The first kappa shape index (κ1) is 25.3. The van der Waals surface area contributed by atoms with Gasteiger partial charge in [-0.05, 0) is 75.5 Å². The van der Waals surface area contributed by atoms with E-state index in [0.717, 1.165) is 17.3 Å². The van der Waals surface area contributed by atoms with E-state index in [-0.39, 0.29) is 24.0 Å². The third-order valence-corrected chi connectivity index (χ3v) is 7.57. The van der Waals surface area contributed by atoms with Crippen LogP contribution in [0.15, 0.2) is 48.0 Å². The second-order valence-electron chi connectivity index (χ2n) is 10.3. The van der Waals surface area contributed by atoms with Crippen molar-refractivity contribution in [2.45, 2.75) is 56.8 Å². The maximum Gasteiger partial charge on any atom is 0.417 e. The molecular weight excluding hydrogens is 477 g/mol. The van der Waals surface area contributed by atoms with Crippen molar-refractivity contribution in [3.8, 4) is 11.8 Å². The zero-order valence-electron chi connectivity index (χ0n) is 21.0. The maximum absolute atomic E-state index is 13.6. The second-order valence-corrected chi connectivity index (χ2v) is 10.3. The molecule has 37 heavy (non-hydrogen) atoms. The fourth-order valence-electron chi connectivity index (χ4n) is 5.85. The third-order valence-electron chi connectivity index (χ3n) is 7.57. The third kappa shape index (κ3) is 4.95. The zero-order valence-corrected chi connectivity index (χ0v) is 21.0. The molecule has 0 saturated carbocycles. The van der Waals surface area contributed by atoms with Gasteiger partial charge in [-0.25, -0.2) is 0 Å². The molecule has 0 radical (unpaired) electrons. The van der Waals surface area contributed by atoms with E-state index in [1.807, 2.05) is 37.2 Å². The van der Waals surface area contributed by atoms with Crippen LogP contribution in [0.4, 0.5) is 18.9 Å². The number of carbonyl (C=O) groups excluding carboxylic acids is 2. The molecule has 3 aliphatic rings. The molecule has 5 rings (SSSR count). The van der Waals surface area contributed by atoms with Gasteiger partial charge < -0.3 is 4.90 Å². The molecule has 0 unspecified atom stereocenters. The number of carbonyl (C=O) groups is 2. The number of hydrogen-bond donors (Lipinski definition) is 0. The molecule has 2 heterocycles. The second kappa shape index (κ2) is 9.83. The Labute approximate surface area is 215 Å². The van der Waals surface area contributed by atoms with E-state index in [4.69, 9.17) is 0 Å². The average molecular weight is 507 g/mol. The van der Waals surface area contributed by atoms with E-state index in [9.17, 15) is 22.8 Å². The summed E-state index contributed by atoms with van der Waals surface area (Å²) in [5.41, 5.74) is 1.19. The van der Waals surface area contributed by atoms with Crippen LogP contribution >= 0.6 is 0 Å². The summed E-state index contributed by atoms with van der Waals surface area (Å²) in [5, 5.41) is 0. The van der Waals surface area contributed by atoms with Gasteiger partial charge in [0.15, 0.2) is 11.6 Å². The highest BCUT2D eigenvalue weighted by molar-refractivity contribution is 6.28. The Kier molecular flexibility index (Phi) is 6.72. The van der Waals surface area contributed by atoms with Gasteiger partial charge in [-0.3, -0.25) is 14.5 Å². The van der Waals surface area contributed by atoms with Gasteiger partial charge in [0.1, 0.15) is 0 Å². The highest BCUT2D eigenvalue weighted by Gasteiger charge is 2.40. The highest BCUT2D eigenvalue weighted by Crippen LogP contribution is 2.41. The van der Waals surface area contributed by atoms with Crippen molar-refractivity contribution < 1.29 is 22.8 Å². The van der Waals surface area contributed by atoms with E-state index >= 15 is 0 Å². The summed E-state index contributed by atoms with van der Waals surface area (Å²) >= 11 is 0. The molecule has 7 heteroatoms. The molecule has 0 atom stereocenters. The molecule has 1 aliphatic carbocycles. The Hall–Kier alpha value is -3.37. The smallest absolute Gasteiger partial charge is 0.366 e. The van der Waals surface area contributed by atoms with Crippen LogP contribution in [0.1, 0.15) is 58.3 Å². The van der Waals surface area contributed by atoms with Gasteiger partial charge in [-0.1, -0.05) is 36.1 Å². The normalized spacial score (nSPS) is 20.5. The first-order valence-corrected chi connectivity index (χ1v) is 12.7. The zero-order chi connectivity index (χ0) is 26.3. The lowest BCUT2D eigenvalue weighted by Crippen LogP contribution is -2.28. The number of fused-ring (bicyclic) bond motifs is 3. The summed E-state index contributed by atoms with van der Waals surface area (Å²) in [4.78, 5) is 30.8. The van der Waals surface area contributed by atoms with Crippen LogP contribution in [0.5, 0.6) is 0 Å². The fourth-order valence-corrected chi connectivity index (χ4v) is 5.85. The molecule has 192 valence electrons. The number of nitrogens with zero attached hydrogens (tertiary/aromatic N) is 2. The van der Waals surface area contributed by atoms with Crippen LogP contribution in [0, 0.1) is 11.8 Å². The van der Waals surface area contributed by atoms with Gasteiger partial charge in [0.25, 0.3) is 0 Å². The summed E-state index contributed by atoms with van der Waals surface area (Å²) < 4.78 is 40.8. The van der Waals surface area contributed by atoms with Crippen LogP contribution in [-0.4, -0.2) is 49.2 Å². The number of benzene rings is 2. The quantitative estimate of drug-likeness (QED) is 0.412. The molecule has 2 aliphatic heterocycles. The van der Waals surface area contributed by atoms with Crippen molar-refractivity contribution >= 4 is 17.3 Å². The minimum atomic E-state index is -4.67. The van der Waals surface area contributed by atoms with Gasteiger partial charge in [0, 0.05) is 35.3 Å². The lowest BCUT2D eigenvalue weighted by atomic mass is 9.84. The lowest BCUT2D eigenvalue weighted by Gasteiger charge is -2.25. The highest BCUT2D eigenvalue weighted by atomic mass is 19.4. The number of Topliss-reactive ketones (excluding diaryl/α,β-unsaturated/α-hetero) is 2. The van der Waals surface area contributed by atoms with Crippen LogP contribution < -0.4 is 4.90 Å². The van der Waals surface area contributed by atoms with E-state index in [1.165, 1.54) is 43.9 Å². The first-order valence-electron chi connectivity index (χ1n) is 12.7. The van der Waals surface area contributed by atoms with Gasteiger partial charge in [-0.2, -0.15) is 13.2 Å². The SMILES string of the molecule is CN(C)CC#Cc1cc(N2C3CCC2CC3)ccc1CC(=O)C1=CCc2cccc(C(F)(F)F)c2C1=O. The van der Waals surface area contributed by atoms with Gasteiger partial charge in [0.05, 0.1) is 17.7 Å². The van der Waals surface area contributed by atoms with Crippen LogP contribution in [0.2, 0.25) is 0 Å².